The molecule has 0 aliphatic rings. The van der Waals surface area contributed by atoms with E-state index in [1.165, 1.54) is 14.0 Å². The van der Waals surface area contributed by atoms with E-state index in [1.807, 2.05) is 4.57 Å². The molecule has 5 heteroatoms. The highest BCUT2D eigenvalue weighted by Crippen LogP contribution is 2.01. The summed E-state index contributed by atoms with van der Waals surface area (Å²) in [7, 11) is 1.37. The van der Waals surface area contributed by atoms with Crippen molar-refractivity contribution < 1.29 is 18.9 Å². The Balaban J connectivity index is 2.51. The predicted octanol–water partition coefficient (Wildman–Crippen LogP) is 0.496. The molecule has 5 nitrogen and oxygen atoms in total. The van der Waals surface area contributed by atoms with Gasteiger partial charge >= 0.3 is 5.97 Å². The highest BCUT2D eigenvalue weighted by atomic mass is 16.5. The summed E-state index contributed by atoms with van der Waals surface area (Å²) in [4.78, 5) is 21.7. The maximum Gasteiger partial charge on any atom is 0.311 e. The molecule has 1 aromatic rings. The Hall–Kier alpha value is -1.91. The van der Waals surface area contributed by atoms with Crippen molar-refractivity contribution in [2.75, 3.05) is 12.4 Å². The van der Waals surface area contributed by atoms with E-state index in [2.05, 4.69) is 10.1 Å². The van der Waals surface area contributed by atoms with Gasteiger partial charge < -0.3 is 10.1 Å². The first kappa shape index (κ1) is 12.2. The molecule has 0 spiro atoms. The van der Waals surface area contributed by atoms with Gasteiger partial charge in [0.25, 0.3) is 0 Å². The number of esters is 1. The van der Waals surface area contributed by atoms with Crippen molar-refractivity contribution >= 4 is 17.6 Å². The Morgan fingerprint density at radius 1 is 1.38 bits per heavy atom. The van der Waals surface area contributed by atoms with Crippen molar-refractivity contribution in [2.45, 2.75) is 19.9 Å². The normalized spacial score (nSPS) is 9.62. The number of ether oxygens (including phenoxy) is 1. The van der Waals surface area contributed by atoms with E-state index in [0.717, 1.165) is 5.69 Å². The van der Waals surface area contributed by atoms with E-state index in [0.29, 0.717) is 13.0 Å². The van der Waals surface area contributed by atoms with Gasteiger partial charge in [0.15, 0.2) is 18.9 Å². The molecule has 1 amide bonds. The third-order valence-corrected chi connectivity index (χ3v) is 2.01. The third kappa shape index (κ3) is 4.08. The smallest absolute Gasteiger partial charge is 0.311 e. The lowest BCUT2D eigenvalue weighted by Crippen LogP contribution is -2.34. The molecule has 0 atom stereocenters. The summed E-state index contributed by atoms with van der Waals surface area (Å²) < 4.78 is 6.39. The predicted molar refractivity (Wildman–Crippen MR) is 57.6 cm³/mol. The van der Waals surface area contributed by atoms with Crippen molar-refractivity contribution in [3.8, 4) is 0 Å². The van der Waals surface area contributed by atoms with Crippen molar-refractivity contribution in [3.63, 3.8) is 0 Å². The van der Waals surface area contributed by atoms with Gasteiger partial charge in [0, 0.05) is 19.1 Å². The second kappa shape index (κ2) is 5.85. The Morgan fingerprint density at radius 2 is 2.00 bits per heavy atom. The highest BCUT2D eigenvalue weighted by molar-refractivity contribution is 5.88. The molecule has 1 heterocycles. The van der Waals surface area contributed by atoms with Gasteiger partial charge in [-0.25, -0.2) is 4.57 Å². The Kier molecular flexibility index (Phi) is 4.44. The first-order valence-electron chi connectivity index (χ1n) is 4.95. The minimum atomic E-state index is -0.238. The number of aryl methyl sites for hydroxylation is 1. The van der Waals surface area contributed by atoms with Gasteiger partial charge in [0.05, 0.1) is 12.8 Å². The van der Waals surface area contributed by atoms with Gasteiger partial charge in [-0.2, -0.15) is 0 Å². The number of pyridine rings is 1. The maximum atomic E-state index is 10.9. The molecule has 0 bridgehead atoms. The zero-order valence-corrected chi connectivity index (χ0v) is 9.40. The summed E-state index contributed by atoms with van der Waals surface area (Å²) >= 11 is 0. The van der Waals surface area contributed by atoms with E-state index in [1.54, 1.807) is 24.5 Å². The number of nitrogens with one attached hydrogen (secondary N) is 1. The van der Waals surface area contributed by atoms with E-state index in [4.69, 9.17) is 0 Å². The average Bonchev–Trinajstić information content (AvgIpc) is 2.27. The summed E-state index contributed by atoms with van der Waals surface area (Å²) in [5.74, 6) is -0.342. The SMILES string of the molecule is COC(=O)CC[n+]1ccc(NC(C)=O)cc1. The van der Waals surface area contributed by atoms with E-state index < -0.39 is 0 Å². The molecule has 0 saturated carbocycles. The fourth-order valence-electron chi connectivity index (χ4n) is 1.22. The van der Waals surface area contributed by atoms with Crippen LogP contribution in [0.25, 0.3) is 0 Å². The molecular formula is C11H15N2O3+. The lowest BCUT2D eigenvalue weighted by Gasteiger charge is -2.00. The van der Waals surface area contributed by atoms with Crippen LogP contribution in [0, 0.1) is 0 Å². The molecule has 0 aromatic carbocycles. The van der Waals surface area contributed by atoms with Crippen LogP contribution in [0.1, 0.15) is 13.3 Å². The molecule has 86 valence electrons. The van der Waals surface area contributed by atoms with Crippen LogP contribution in [0.3, 0.4) is 0 Å². The summed E-state index contributed by atoms with van der Waals surface area (Å²) in [6.07, 6.45) is 3.93. The molecule has 0 saturated heterocycles. The molecule has 1 aromatic heterocycles. The standard InChI is InChI=1S/C11H14N2O3/c1-9(14)12-10-3-6-13(7-4-10)8-5-11(15)16-2/h3-4,6-7H,5,8H2,1-2H3/p+1. The number of carbonyl (C=O) groups excluding carboxylic acids is 2. The van der Waals surface area contributed by atoms with Crippen LogP contribution in [0.15, 0.2) is 24.5 Å². The quantitative estimate of drug-likeness (QED) is 0.597. The minimum Gasteiger partial charge on any atom is -0.469 e. The number of nitrogens with zero attached hydrogens (tertiary/aromatic N) is 1. The van der Waals surface area contributed by atoms with Crippen LogP contribution in [-0.4, -0.2) is 19.0 Å². The zero-order chi connectivity index (χ0) is 12.0. The average molecular weight is 223 g/mol. The summed E-state index contributed by atoms with van der Waals surface area (Å²) in [6.45, 7) is 2.02. The Morgan fingerprint density at radius 3 is 2.50 bits per heavy atom. The number of hydrogen-bond acceptors (Lipinski definition) is 3. The minimum absolute atomic E-state index is 0.104. The topological polar surface area (TPSA) is 59.3 Å². The molecule has 0 aliphatic carbocycles. The number of carbonyl (C=O) groups is 2. The fourth-order valence-corrected chi connectivity index (χ4v) is 1.22. The molecular weight excluding hydrogens is 208 g/mol. The van der Waals surface area contributed by atoms with E-state index in [9.17, 15) is 9.59 Å². The summed E-state index contributed by atoms with van der Waals surface area (Å²) in [6, 6.07) is 3.55. The van der Waals surface area contributed by atoms with Crippen LogP contribution in [-0.2, 0) is 20.9 Å². The van der Waals surface area contributed by atoms with Gasteiger partial charge in [0.1, 0.15) is 6.42 Å². The molecule has 0 fully saturated rings. The van der Waals surface area contributed by atoms with Crippen molar-refractivity contribution in [2.24, 2.45) is 0 Å². The summed E-state index contributed by atoms with van der Waals surface area (Å²) in [5.41, 5.74) is 0.738. The Labute approximate surface area is 94.0 Å². The van der Waals surface area contributed by atoms with Crippen molar-refractivity contribution in [1.29, 1.82) is 0 Å². The van der Waals surface area contributed by atoms with Crippen LogP contribution in [0.5, 0.6) is 0 Å². The molecule has 16 heavy (non-hydrogen) atoms. The first-order chi connectivity index (χ1) is 7.61. The number of rotatable bonds is 4. The van der Waals surface area contributed by atoms with E-state index >= 15 is 0 Å². The van der Waals surface area contributed by atoms with Gasteiger partial charge in [-0.3, -0.25) is 9.59 Å². The molecule has 1 N–H and O–H groups in total. The summed E-state index contributed by atoms with van der Waals surface area (Å²) in [5, 5.41) is 2.66. The molecule has 0 aliphatic heterocycles. The second-order valence-electron chi connectivity index (χ2n) is 3.33. The van der Waals surface area contributed by atoms with E-state index in [-0.39, 0.29) is 11.9 Å². The highest BCUT2D eigenvalue weighted by Gasteiger charge is 2.06. The largest absolute Gasteiger partial charge is 0.469 e. The van der Waals surface area contributed by atoms with Crippen LogP contribution in [0.2, 0.25) is 0 Å². The number of amides is 1. The monoisotopic (exact) mass is 223 g/mol. The second-order valence-corrected chi connectivity index (χ2v) is 3.33. The number of methoxy groups -OCH3 is 1. The number of anilines is 1. The molecule has 0 radical (unpaired) electrons. The number of hydrogen-bond donors (Lipinski definition) is 1. The van der Waals surface area contributed by atoms with Crippen molar-refractivity contribution in [3.05, 3.63) is 24.5 Å². The number of aromatic nitrogens is 1. The Bertz CT molecular complexity index is 373. The zero-order valence-electron chi connectivity index (χ0n) is 9.40. The molecule has 1 rings (SSSR count). The van der Waals surface area contributed by atoms with Gasteiger partial charge in [0.2, 0.25) is 5.91 Å². The van der Waals surface area contributed by atoms with Crippen LogP contribution in [0.4, 0.5) is 5.69 Å². The van der Waals surface area contributed by atoms with Crippen LogP contribution >= 0.6 is 0 Å². The van der Waals surface area contributed by atoms with Gasteiger partial charge in [-0.15, -0.1) is 0 Å². The lowest BCUT2D eigenvalue weighted by molar-refractivity contribution is -0.695. The maximum absolute atomic E-state index is 10.9. The lowest BCUT2D eigenvalue weighted by atomic mass is 10.3. The third-order valence-electron chi connectivity index (χ3n) is 2.01. The van der Waals surface area contributed by atoms with Gasteiger partial charge in [-0.05, 0) is 0 Å². The van der Waals surface area contributed by atoms with Crippen LogP contribution < -0.4 is 9.88 Å². The molecule has 0 unspecified atom stereocenters. The van der Waals surface area contributed by atoms with Crippen molar-refractivity contribution in [1.82, 2.24) is 0 Å². The first-order valence-corrected chi connectivity index (χ1v) is 4.95. The van der Waals surface area contributed by atoms with Gasteiger partial charge in [-0.1, -0.05) is 0 Å². The fraction of sp³-hybridized carbons (Fsp3) is 0.364.